The maximum Gasteiger partial charge on any atom is 0.302 e. The van der Waals surface area contributed by atoms with Crippen molar-refractivity contribution in [1.29, 1.82) is 0 Å². The van der Waals surface area contributed by atoms with Crippen molar-refractivity contribution >= 4 is 5.97 Å². The van der Waals surface area contributed by atoms with Crippen LogP contribution in [0.1, 0.15) is 13.8 Å². The molecule has 0 fully saturated rings. The molecule has 0 bridgehead atoms. The maximum absolute atomic E-state index is 10.0. The molecule has 0 amide bonds. The Kier molecular flexibility index (Phi) is 13.9. The molecule has 0 spiro atoms. The van der Waals surface area contributed by atoms with Gasteiger partial charge >= 0.3 is 5.97 Å². The van der Waals surface area contributed by atoms with Gasteiger partial charge in [-0.25, -0.2) is 0 Å². The minimum Gasteiger partial charge on any atom is -0.463 e. The van der Waals surface area contributed by atoms with Crippen molar-refractivity contribution < 1.29 is 24.1 Å². The molecule has 1 unspecified atom stereocenters. The number of esters is 1. The lowest BCUT2D eigenvalue weighted by molar-refractivity contribution is -0.142. The first-order valence-electron chi connectivity index (χ1n) is 4.33. The molecule has 0 rings (SSSR count). The summed E-state index contributed by atoms with van der Waals surface area (Å²) >= 11 is 0. The van der Waals surface area contributed by atoms with E-state index in [4.69, 9.17) is 5.11 Å². The Morgan fingerprint density at radius 2 is 1.86 bits per heavy atom. The second-order valence-corrected chi connectivity index (χ2v) is 2.64. The summed E-state index contributed by atoms with van der Waals surface area (Å²) < 4.78 is 13.7. The highest BCUT2D eigenvalue weighted by Gasteiger charge is 1.88. The number of hydrogen-bond acceptors (Lipinski definition) is 5. The Morgan fingerprint density at radius 3 is 2.07 bits per heavy atom. The predicted octanol–water partition coefficient (Wildman–Crippen LogP) is 0.210. The van der Waals surface area contributed by atoms with Gasteiger partial charge in [0.1, 0.15) is 6.61 Å². The van der Waals surface area contributed by atoms with Gasteiger partial charge in [0.25, 0.3) is 0 Å². The summed E-state index contributed by atoms with van der Waals surface area (Å²) in [6.45, 7) is 4.31. The molecule has 0 aromatic carbocycles. The fourth-order valence-corrected chi connectivity index (χ4v) is 0.510. The average Bonchev–Trinajstić information content (AvgIpc) is 2.05. The SMILES string of the molecule is COCC(C)O.COCCOC(C)=O. The van der Waals surface area contributed by atoms with Crippen LogP contribution in [0.5, 0.6) is 0 Å². The smallest absolute Gasteiger partial charge is 0.302 e. The fraction of sp³-hybridized carbons (Fsp3) is 0.889. The van der Waals surface area contributed by atoms with Crippen LogP contribution in [0.3, 0.4) is 0 Å². The highest BCUT2D eigenvalue weighted by atomic mass is 16.6. The third-order valence-electron chi connectivity index (χ3n) is 1.00. The van der Waals surface area contributed by atoms with E-state index < -0.39 is 0 Å². The van der Waals surface area contributed by atoms with Crippen molar-refractivity contribution in [2.45, 2.75) is 20.0 Å². The lowest BCUT2D eigenvalue weighted by atomic mass is 10.5. The van der Waals surface area contributed by atoms with Crippen LogP contribution in [-0.2, 0) is 19.0 Å². The minimum atomic E-state index is -0.324. The minimum absolute atomic E-state index is 0.262. The van der Waals surface area contributed by atoms with Gasteiger partial charge in [0.05, 0.1) is 19.3 Å². The van der Waals surface area contributed by atoms with Gasteiger partial charge in [-0.05, 0) is 6.92 Å². The summed E-state index contributed by atoms with van der Waals surface area (Å²) in [5, 5.41) is 8.43. The van der Waals surface area contributed by atoms with Crippen LogP contribution in [0.25, 0.3) is 0 Å². The van der Waals surface area contributed by atoms with Gasteiger partial charge in [0.15, 0.2) is 0 Å². The van der Waals surface area contributed by atoms with Crippen molar-refractivity contribution in [1.82, 2.24) is 0 Å². The standard InChI is InChI=1S/C5H10O3.C4H10O2/c1-5(6)8-4-3-7-2;1-4(5)3-6-2/h3-4H2,1-2H3;4-5H,3H2,1-2H3. The quantitative estimate of drug-likeness (QED) is 0.517. The topological polar surface area (TPSA) is 65.0 Å². The number of rotatable bonds is 5. The van der Waals surface area contributed by atoms with E-state index in [1.807, 2.05) is 0 Å². The van der Waals surface area contributed by atoms with E-state index in [0.29, 0.717) is 19.8 Å². The molecule has 5 heteroatoms. The zero-order valence-electron chi connectivity index (χ0n) is 9.28. The highest BCUT2D eigenvalue weighted by molar-refractivity contribution is 5.65. The molecule has 0 aliphatic heterocycles. The van der Waals surface area contributed by atoms with Crippen molar-refractivity contribution in [3.05, 3.63) is 0 Å². The number of hydrogen-bond donors (Lipinski definition) is 1. The van der Waals surface area contributed by atoms with Gasteiger partial charge < -0.3 is 19.3 Å². The van der Waals surface area contributed by atoms with E-state index >= 15 is 0 Å². The van der Waals surface area contributed by atoms with Crippen molar-refractivity contribution in [3.63, 3.8) is 0 Å². The Labute approximate surface area is 85.0 Å². The number of methoxy groups -OCH3 is 2. The van der Waals surface area contributed by atoms with Crippen LogP contribution in [0.2, 0.25) is 0 Å². The van der Waals surface area contributed by atoms with E-state index in [1.165, 1.54) is 6.92 Å². The molecule has 0 aromatic heterocycles. The largest absolute Gasteiger partial charge is 0.463 e. The molecule has 0 saturated carbocycles. The first-order chi connectivity index (χ1) is 6.54. The van der Waals surface area contributed by atoms with Gasteiger partial charge in [-0.15, -0.1) is 0 Å². The Bertz CT molecular complexity index is 124. The molecule has 0 radical (unpaired) electrons. The summed E-state index contributed by atoms with van der Waals surface area (Å²) in [7, 11) is 3.12. The van der Waals surface area contributed by atoms with Crippen LogP contribution in [0, 0.1) is 0 Å². The summed E-state index contributed by atoms with van der Waals surface area (Å²) in [5.74, 6) is -0.262. The molecule has 0 saturated heterocycles. The molecular weight excluding hydrogens is 188 g/mol. The fourth-order valence-electron chi connectivity index (χ4n) is 0.510. The molecule has 0 aromatic rings. The maximum atomic E-state index is 10.0. The van der Waals surface area contributed by atoms with Crippen molar-refractivity contribution in [2.75, 3.05) is 34.0 Å². The second kappa shape index (κ2) is 12.3. The van der Waals surface area contributed by atoms with Crippen molar-refractivity contribution in [3.8, 4) is 0 Å². The summed E-state index contributed by atoms with van der Waals surface area (Å²) in [5.41, 5.74) is 0. The Morgan fingerprint density at radius 1 is 1.29 bits per heavy atom. The van der Waals surface area contributed by atoms with E-state index in [9.17, 15) is 4.79 Å². The number of carbonyl (C=O) groups is 1. The molecule has 1 N–H and O–H groups in total. The van der Waals surface area contributed by atoms with Gasteiger partial charge in [-0.2, -0.15) is 0 Å². The number of carbonyl (C=O) groups excluding carboxylic acids is 1. The molecule has 86 valence electrons. The van der Waals surface area contributed by atoms with Crippen molar-refractivity contribution in [2.24, 2.45) is 0 Å². The van der Waals surface area contributed by atoms with Crippen LogP contribution >= 0.6 is 0 Å². The lowest BCUT2D eigenvalue weighted by Crippen LogP contribution is -2.07. The zero-order chi connectivity index (χ0) is 11.4. The number of aliphatic hydroxyl groups is 1. The summed E-state index contributed by atoms with van der Waals surface area (Å²) in [6.07, 6.45) is -0.324. The van der Waals surface area contributed by atoms with Gasteiger partial charge in [-0.1, -0.05) is 0 Å². The highest BCUT2D eigenvalue weighted by Crippen LogP contribution is 1.76. The summed E-state index contributed by atoms with van der Waals surface area (Å²) in [6, 6.07) is 0. The van der Waals surface area contributed by atoms with Crippen LogP contribution < -0.4 is 0 Å². The average molecular weight is 208 g/mol. The monoisotopic (exact) mass is 208 g/mol. The summed E-state index contributed by atoms with van der Waals surface area (Å²) in [4.78, 5) is 10.0. The normalized spacial score (nSPS) is 11.2. The van der Waals surface area contributed by atoms with E-state index in [0.717, 1.165) is 0 Å². The molecule has 1 atom stereocenters. The number of ether oxygens (including phenoxy) is 3. The van der Waals surface area contributed by atoms with E-state index in [-0.39, 0.29) is 12.1 Å². The van der Waals surface area contributed by atoms with Gasteiger partial charge in [-0.3, -0.25) is 4.79 Å². The molecule has 5 nitrogen and oxygen atoms in total. The first kappa shape index (κ1) is 15.8. The van der Waals surface area contributed by atoms with Gasteiger partial charge in [0, 0.05) is 21.1 Å². The molecule has 14 heavy (non-hydrogen) atoms. The zero-order valence-corrected chi connectivity index (χ0v) is 9.28. The third kappa shape index (κ3) is 22.5. The Balaban J connectivity index is 0. The van der Waals surface area contributed by atoms with Crippen LogP contribution in [0.4, 0.5) is 0 Å². The van der Waals surface area contributed by atoms with Crippen LogP contribution in [0.15, 0.2) is 0 Å². The molecule has 0 aliphatic rings. The first-order valence-corrected chi connectivity index (χ1v) is 4.33. The third-order valence-corrected chi connectivity index (χ3v) is 1.00. The second-order valence-electron chi connectivity index (χ2n) is 2.64. The molecule has 0 heterocycles. The van der Waals surface area contributed by atoms with Gasteiger partial charge in [0.2, 0.25) is 0 Å². The molecule has 0 aliphatic carbocycles. The van der Waals surface area contributed by atoms with E-state index in [2.05, 4.69) is 14.2 Å². The Hall–Kier alpha value is -0.650. The van der Waals surface area contributed by atoms with Crippen LogP contribution in [-0.4, -0.2) is 51.2 Å². The van der Waals surface area contributed by atoms with E-state index in [1.54, 1.807) is 21.1 Å². The molecular formula is C9H20O5. The number of aliphatic hydroxyl groups excluding tert-OH is 1. The lowest BCUT2D eigenvalue weighted by Gasteiger charge is -1.97. The predicted molar refractivity (Wildman–Crippen MR) is 52.1 cm³/mol.